The molecule has 1 atom stereocenters. The number of para-hydroxylation sites is 2. The monoisotopic (exact) mass is 267 g/mol. The number of carbonyl (C=O) groups is 2. The number of aliphatic hydroxyl groups excluding tert-OH is 1. The standard InChI is InChI=1S/C12H17N3O4/c13-8-3-1-2-4-10(8)19-6-5-11(17)15-7-9(16)12(14)18/h1-4,9,16H,5-7,13H2,(H2,14,18)(H,15,17). The van der Waals surface area contributed by atoms with Crippen molar-refractivity contribution in [1.29, 1.82) is 0 Å². The average Bonchev–Trinajstić information content (AvgIpc) is 2.38. The Morgan fingerprint density at radius 1 is 1.37 bits per heavy atom. The van der Waals surface area contributed by atoms with Crippen molar-refractivity contribution in [1.82, 2.24) is 5.32 Å². The summed E-state index contributed by atoms with van der Waals surface area (Å²) in [7, 11) is 0. The van der Waals surface area contributed by atoms with E-state index in [1.54, 1.807) is 24.3 Å². The zero-order valence-corrected chi connectivity index (χ0v) is 10.3. The minimum Gasteiger partial charge on any atom is -0.491 e. The summed E-state index contributed by atoms with van der Waals surface area (Å²) in [5, 5.41) is 11.4. The third-order valence-electron chi connectivity index (χ3n) is 2.33. The molecule has 19 heavy (non-hydrogen) atoms. The maximum Gasteiger partial charge on any atom is 0.248 e. The number of nitrogen functional groups attached to an aromatic ring is 1. The first-order valence-electron chi connectivity index (χ1n) is 5.72. The molecule has 0 saturated heterocycles. The fraction of sp³-hybridized carbons (Fsp3) is 0.333. The van der Waals surface area contributed by atoms with Crippen molar-refractivity contribution in [2.75, 3.05) is 18.9 Å². The van der Waals surface area contributed by atoms with Gasteiger partial charge in [0.1, 0.15) is 11.9 Å². The largest absolute Gasteiger partial charge is 0.491 e. The first kappa shape index (κ1) is 14.8. The number of anilines is 1. The lowest BCUT2D eigenvalue weighted by molar-refractivity contribution is -0.127. The maximum absolute atomic E-state index is 11.4. The Morgan fingerprint density at radius 2 is 2.05 bits per heavy atom. The van der Waals surface area contributed by atoms with Crippen LogP contribution in [0.2, 0.25) is 0 Å². The smallest absolute Gasteiger partial charge is 0.248 e. The normalized spacial score (nSPS) is 11.6. The Balaban J connectivity index is 2.24. The molecule has 7 heteroatoms. The van der Waals surface area contributed by atoms with Crippen molar-refractivity contribution in [2.45, 2.75) is 12.5 Å². The molecule has 0 radical (unpaired) electrons. The Kier molecular flexibility index (Phi) is 5.62. The molecule has 0 fully saturated rings. The highest BCUT2D eigenvalue weighted by Crippen LogP contribution is 2.19. The van der Waals surface area contributed by atoms with E-state index in [0.29, 0.717) is 11.4 Å². The second-order valence-electron chi connectivity index (χ2n) is 3.86. The van der Waals surface area contributed by atoms with E-state index in [4.69, 9.17) is 21.3 Å². The molecule has 1 aromatic rings. The minimum absolute atomic E-state index is 0.0832. The van der Waals surface area contributed by atoms with E-state index in [-0.39, 0.29) is 25.5 Å². The van der Waals surface area contributed by atoms with Gasteiger partial charge in [0.2, 0.25) is 11.8 Å². The van der Waals surface area contributed by atoms with Gasteiger partial charge in [-0.3, -0.25) is 9.59 Å². The lowest BCUT2D eigenvalue weighted by Gasteiger charge is -2.10. The topological polar surface area (TPSA) is 128 Å². The number of carbonyl (C=O) groups excluding carboxylic acids is 2. The van der Waals surface area contributed by atoms with Crippen LogP contribution in [0, 0.1) is 0 Å². The van der Waals surface area contributed by atoms with E-state index in [1.165, 1.54) is 0 Å². The summed E-state index contributed by atoms with van der Waals surface area (Å²) in [6, 6.07) is 6.94. The molecule has 0 saturated carbocycles. The van der Waals surface area contributed by atoms with Gasteiger partial charge in [-0.15, -0.1) is 0 Å². The zero-order valence-electron chi connectivity index (χ0n) is 10.3. The molecule has 0 aliphatic heterocycles. The van der Waals surface area contributed by atoms with Gasteiger partial charge in [0, 0.05) is 0 Å². The number of aliphatic hydroxyl groups is 1. The van der Waals surface area contributed by atoms with Crippen molar-refractivity contribution in [3.63, 3.8) is 0 Å². The Morgan fingerprint density at radius 3 is 2.68 bits per heavy atom. The first-order valence-corrected chi connectivity index (χ1v) is 5.72. The van der Waals surface area contributed by atoms with Crippen molar-refractivity contribution in [3.8, 4) is 5.75 Å². The number of hydrogen-bond donors (Lipinski definition) is 4. The number of primary amides is 1. The molecule has 0 spiro atoms. The van der Waals surface area contributed by atoms with Gasteiger partial charge in [-0.1, -0.05) is 12.1 Å². The summed E-state index contributed by atoms with van der Waals surface area (Å²) in [5.74, 6) is -0.726. The maximum atomic E-state index is 11.4. The molecule has 0 aliphatic carbocycles. The van der Waals surface area contributed by atoms with Crippen molar-refractivity contribution in [2.24, 2.45) is 5.73 Å². The second kappa shape index (κ2) is 7.22. The number of hydrogen-bond acceptors (Lipinski definition) is 5. The molecule has 0 bridgehead atoms. The van der Waals surface area contributed by atoms with Crippen LogP contribution in [0.3, 0.4) is 0 Å². The molecule has 6 N–H and O–H groups in total. The summed E-state index contributed by atoms with van der Waals surface area (Å²) >= 11 is 0. The van der Waals surface area contributed by atoms with Crippen LogP contribution in [0.15, 0.2) is 24.3 Å². The van der Waals surface area contributed by atoms with Gasteiger partial charge in [0.05, 0.1) is 25.3 Å². The van der Waals surface area contributed by atoms with Crippen molar-refractivity contribution < 1.29 is 19.4 Å². The molecule has 1 unspecified atom stereocenters. The summed E-state index contributed by atoms with van der Waals surface area (Å²) < 4.78 is 5.32. The molecule has 7 nitrogen and oxygen atoms in total. The Labute approximate surface area is 110 Å². The van der Waals surface area contributed by atoms with Gasteiger partial charge in [0.25, 0.3) is 0 Å². The third kappa shape index (κ3) is 5.26. The van der Waals surface area contributed by atoms with Gasteiger partial charge < -0.3 is 26.6 Å². The quantitative estimate of drug-likeness (QED) is 0.471. The predicted molar refractivity (Wildman–Crippen MR) is 69.2 cm³/mol. The average molecular weight is 267 g/mol. The van der Waals surface area contributed by atoms with Crippen LogP contribution in [-0.4, -0.2) is 36.2 Å². The number of nitrogens with two attached hydrogens (primary N) is 2. The lowest BCUT2D eigenvalue weighted by Crippen LogP contribution is -2.40. The Bertz CT molecular complexity index is 450. The van der Waals surface area contributed by atoms with Crippen LogP contribution in [-0.2, 0) is 9.59 Å². The number of ether oxygens (including phenoxy) is 1. The fourth-order valence-electron chi connectivity index (χ4n) is 1.27. The van der Waals surface area contributed by atoms with E-state index in [2.05, 4.69) is 5.32 Å². The zero-order chi connectivity index (χ0) is 14.3. The highest BCUT2D eigenvalue weighted by atomic mass is 16.5. The summed E-state index contributed by atoms with van der Waals surface area (Å²) in [6.07, 6.45) is -1.30. The minimum atomic E-state index is -1.38. The van der Waals surface area contributed by atoms with E-state index in [9.17, 15) is 9.59 Å². The number of benzene rings is 1. The highest BCUT2D eigenvalue weighted by Gasteiger charge is 2.12. The summed E-state index contributed by atoms with van der Waals surface area (Å²) in [6.45, 7) is -0.0612. The molecule has 0 aliphatic rings. The van der Waals surface area contributed by atoms with Gasteiger partial charge in [0.15, 0.2) is 0 Å². The highest BCUT2D eigenvalue weighted by molar-refractivity contribution is 5.80. The molecular weight excluding hydrogens is 250 g/mol. The SMILES string of the molecule is NC(=O)C(O)CNC(=O)CCOc1ccccc1N. The van der Waals surface area contributed by atoms with Crippen LogP contribution in [0.1, 0.15) is 6.42 Å². The Hall–Kier alpha value is -2.28. The number of rotatable bonds is 7. The molecule has 104 valence electrons. The van der Waals surface area contributed by atoms with Crippen molar-refractivity contribution in [3.05, 3.63) is 24.3 Å². The van der Waals surface area contributed by atoms with Gasteiger partial charge >= 0.3 is 0 Å². The molecule has 0 heterocycles. The van der Waals surface area contributed by atoms with Crippen molar-refractivity contribution >= 4 is 17.5 Å². The van der Waals surface area contributed by atoms with Crippen LogP contribution in [0.25, 0.3) is 0 Å². The molecule has 1 rings (SSSR count). The fourth-order valence-corrected chi connectivity index (χ4v) is 1.27. The third-order valence-corrected chi connectivity index (χ3v) is 2.33. The van der Waals surface area contributed by atoms with Crippen LogP contribution in [0.4, 0.5) is 5.69 Å². The van der Waals surface area contributed by atoms with Gasteiger partial charge in [-0.05, 0) is 12.1 Å². The van der Waals surface area contributed by atoms with Crippen LogP contribution in [0.5, 0.6) is 5.75 Å². The molecule has 0 aromatic heterocycles. The van der Waals surface area contributed by atoms with Crippen LogP contribution < -0.4 is 21.5 Å². The number of amides is 2. The van der Waals surface area contributed by atoms with E-state index in [1.807, 2.05) is 0 Å². The van der Waals surface area contributed by atoms with E-state index in [0.717, 1.165) is 0 Å². The van der Waals surface area contributed by atoms with E-state index < -0.39 is 12.0 Å². The summed E-state index contributed by atoms with van der Waals surface area (Å²) in [4.78, 5) is 21.9. The number of nitrogens with one attached hydrogen (secondary N) is 1. The van der Waals surface area contributed by atoms with Gasteiger partial charge in [-0.2, -0.15) is 0 Å². The van der Waals surface area contributed by atoms with Gasteiger partial charge in [-0.25, -0.2) is 0 Å². The van der Waals surface area contributed by atoms with Crippen LogP contribution >= 0.6 is 0 Å². The summed E-state index contributed by atoms with van der Waals surface area (Å²) in [5.41, 5.74) is 11.0. The first-order chi connectivity index (χ1) is 9.00. The molecule has 2 amide bonds. The molecular formula is C12H17N3O4. The lowest BCUT2D eigenvalue weighted by atomic mass is 10.3. The van der Waals surface area contributed by atoms with E-state index >= 15 is 0 Å². The molecule has 1 aromatic carbocycles. The second-order valence-corrected chi connectivity index (χ2v) is 3.86. The predicted octanol–water partition coefficient (Wildman–Crippen LogP) is -1.000.